The fourth-order valence-corrected chi connectivity index (χ4v) is 2.51. The molecule has 0 aromatic carbocycles. The van der Waals surface area contributed by atoms with E-state index in [4.69, 9.17) is 11.5 Å². The normalized spacial score (nSPS) is 22.4. The van der Waals surface area contributed by atoms with E-state index in [1.54, 1.807) is 0 Å². The Morgan fingerprint density at radius 1 is 1.56 bits per heavy atom. The number of hydrogen-bond acceptors (Lipinski definition) is 3. The zero-order chi connectivity index (χ0) is 13.6. The summed E-state index contributed by atoms with van der Waals surface area (Å²) in [7, 11) is 0. The molecule has 0 aliphatic carbocycles. The molecule has 0 radical (unpaired) electrons. The quantitative estimate of drug-likeness (QED) is 0.674. The van der Waals surface area contributed by atoms with Crippen LogP contribution in [0.5, 0.6) is 0 Å². The largest absolute Gasteiger partial charge is 0.480 e. The van der Waals surface area contributed by atoms with E-state index in [1.165, 1.54) is 4.90 Å². The van der Waals surface area contributed by atoms with Crippen molar-refractivity contribution in [2.75, 3.05) is 19.6 Å². The van der Waals surface area contributed by atoms with Crippen molar-refractivity contribution < 1.29 is 14.7 Å². The summed E-state index contributed by atoms with van der Waals surface area (Å²) in [5, 5.41) is 12.1. The fraction of sp³-hybridized carbons (Fsp3) is 0.692. The topological polar surface area (TPSA) is 69.6 Å². The highest BCUT2D eigenvalue weighted by atomic mass is 16.4. The molecule has 1 atom stereocenters. The van der Waals surface area contributed by atoms with Crippen LogP contribution in [0.4, 0.5) is 0 Å². The fourth-order valence-electron chi connectivity index (χ4n) is 2.51. The van der Waals surface area contributed by atoms with Crippen LogP contribution in [0, 0.1) is 12.3 Å². The molecule has 1 rings (SSSR count). The smallest absolute Gasteiger partial charge is 0.323 e. The Balaban J connectivity index is 2.85. The van der Waals surface area contributed by atoms with E-state index in [1.807, 2.05) is 6.92 Å². The summed E-state index contributed by atoms with van der Waals surface area (Å²) < 4.78 is 0. The molecule has 1 saturated heterocycles. The van der Waals surface area contributed by atoms with Gasteiger partial charge in [0.1, 0.15) is 6.54 Å². The monoisotopic (exact) mass is 252 g/mol. The molecule has 0 saturated carbocycles. The molecule has 0 aromatic heterocycles. The third-order valence-electron chi connectivity index (χ3n) is 3.23. The lowest BCUT2D eigenvalue weighted by Crippen LogP contribution is -2.55. The van der Waals surface area contributed by atoms with Gasteiger partial charge in [-0.15, -0.1) is 6.42 Å². The van der Waals surface area contributed by atoms with E-state index < -0.39 is 11.5 Å². The molecule has 1 heterocycles. The van der Waals surface area contributed by atoms with Crippen LogP contribution in [0.2, 0.25) is 0 Å². The Morgan fingerprint density at radius 2 is 2.28 bits per heavy atom. The van der Waals surface area contributed by atoms with Crippen LogP contribution in [0.15, 0.2) is 0 Å². The van der Waals surface area contributed by atoms with Gasteiger partial charge in [0.2, 0.25) is 5.91 Å². The molecule has 100 valence electrons. The number of carboxylic acid groups (broad SMARTS) is 1. The number of carboxylic acids is 1. The van der Waals surface area contributed by atoms with Gasteiger partial charge in [0.25, 0.3) is 0 Å². The zero-order valence-electron chi connectivity index (χ0n) is 10.7. The molecule has 5 heteroatoms. The van der Waals surface area contributed by atoms with Crippen molar-refractivity contribution in [2.24, 2.45) is 0 Å². The Hall–Kier alpha value is -1.54. The van der Waals surface area contributed by atoms with Gasteiger partial charge in [-0.3, -0.25) is 9.59 Å². The Bertz CT molecular complexity index is 354. The molecular weight excluding hydrogens is 232 g/mol. The lowest BCUT2D eigenvalue weighted by molar-refractivity contribution is -0.147. The number of carbonyl (C=O) groups is 2. The van der Waals surface area contributed by atoms with Gasteiger partial charge in [0.15, 0.2) is 0 Å². The van der Waals surface area contributed by atoms with Crippen molar-refractivity contribution in [3.63, 3.8) is 0 Å². The Labute approximate surface area is 108 Å². The van der Waals surface area contributed by atoms with Gasteiger partial charge in [-0.2, -0.15) is 0 Å². The van der Waals surface area contributed by atoms with Gasteiger partial charge in [-0.25, -0.2) is 0 Å². The molecular formula is C13H20N2O3. The standard InChI is InChI=1S/C13H20N2O3/c1-3-6-13(7-5-8-14-13)12(18)15(9-4-2)10-11(16)17/h2,14H,3,5-10H2,1H3,(H,16,17). The number of aliphatic carboxylic acids is 1. The van der Waals surface area contributed by atoms with Crippen LogP contribution in [0.25, 0.3) is 0 Å². The lowest BCUT2D eigenvalue weighted by atomic mass is 9.90. The molecule has 2 N–H and O–H groups in total. The van der Waals surface area contributed by atoms with Crippen LogP contribution in [0.1, 0.15) is 32.6 Å². The second kappa shape index (κ2) is 6.41. The van der Waals surface area contributed by atoms with Crippen molar-refractivity contribution in [3.05, 3.63) is 0 Å². The Kier molecular flexibility index (Phi) is 5.17. The summed E-state index contributed by atoms with van der Waals surface area (Å²) in [6, 6.07) is 0. The first-order valence-electron chi connectivity index (χ1n) is 6.25. The summed E-state index contributed by atoms with van der Waals surface area (Å²) in [5.74, 6) is 1.13. The van der Waals surface area contributed by atoms with Crippen molar-refractivity contribution in [2.45, 2.75) is 38.1 Å². The SMILES string of the molecule is C#CCN(CC(=O)O)C(=O)C1(CCC)CCCN1. The van der Waals surface area contributed by atoms with Gasteiger partial charge in [-0.1, -0.05) is 19.3 Å². The summed E-state index contributed by atoms with van der Waals surface area (Å²) >= 11 is 0. The minimum Gasteiger partial charge on any atom is -0.480 e. The Morgan fingerprint density at radius 3 is 2.72 bits per heavy atom. The highest BCUT2D eigenvalue weighted by Gasteiger charge is 2.42. The number of hydrogen-bond donors (Lipinski definition) is 2. The molecule has 0 bridgehead atoms. The molecule has 1 aliphatic heterocycles. The molecule has 1 aliphatic rings. The van der Waals surface area contributed by atoms with E-state index in [0.717, 1.165) is 25.8 Å². The number of carbonyl (C=O) groups excluding carboxylic acids is 1. The van der Waals surface area contributed by atoms with E-state index >= 15 is 0 Å². The first kappa shape index (κ1) is 14.5. The second-order valence-corrected chi connectivity index (χ2v) is 4.62. The average molecular weight is 252 g/mol. The second-order valence-electron chi connectivity index (χ2n) is 4.62. The average Bonchev–Trinajstić information content (AvgIpc) is 2.77. The van der Waals surface area contributed by atoms with Crippen LogP contribution in [-0.2, 0) is 9.59 Å². The van der Waals surface area contributed by atoms with Gasteiger partial charge in [-0.05, 0) is 25.8 Å². The minimum absolute atomic E-state index is 0.0400. The van der Waals surface area contributed by atoms with E-state index in [9.17, 15) is 9.59 Å². The summed E-state index contributed by atoms with van der Waals surface area (Å²) in [4.78, 5) is 24.5. The first-order chi connectivity index (χ1) is 8.55. The van der Waals surface area contributed by atoms with E-state index in [2.05, 4.69) is 11.2 Å². The molecule has 1 fully saturated rings. The zero-order valence-corrected chi connectivity index (χ0v) is 10.7. The van der Waals surface area contributed by atoms with Crippen molar-refractivity contribution in [1.82, 2.24) is 10.2 Å². The summed E-state index contributed by atoms with van der Waals surface area (Å²) in [6.07, 6.45) is 8.47. The van der Waals surface area contributed by atoms with Crippen LogP contribution >= 0.6 is 0 Å². The van der Waals surface area contributed by atoms with Gasteiger partial charge < -0.3 is 15.3 Å². The third-order valence-corrected chi connectivity index (χ3v) is 3.23. The molecule has 1 amide bonds. The lowest BCUT2D eigenvalue weighted by Gasteiger charge is -2.33. The molecule has 0 aromatic rings. The van der Waals surface area contributed by atoms with Crippen LogP contribution in [-0.4, -0.2) is 47.1 Å². The van der Waals surface area contributed by atoms with E-state index in [0.29, 0.717) is 6.42 Å². The van der Waals surface area contributed by atoms with Crippen molar-refractivity contribution in [3.8, 4) is 12.3 Å². The number of nitrogens with one attached hydrogen (secondary N) is 1. The summed E-state index contributed by atoms with van der Waals surface area (Å²) in [6.45, 7) is 2.51. The third kappa shape index (κ3) is 3.23. The number of amides is 1. The maximum Gasteiger partial charge on any atom is 0.323 e. The summed E-state index contributed by atoms with van der Waals surface area (Å²) in [5.41, 5.74) is -0.610. The molecule has 0 spiro atoms. The number of nitrogens with zero attached hydrogens (tertiary/aromatic N) is 1. The molecule has 18 heavy (non-hydrogen) atoms. The van der Waals surface area contributed by atoms with Gasteiger partial charge in [0.05, 0.1) is 12.1 Å². The molecule has 5 nitrogen and oxygen atoms in total. The predicted molar refractivity (Wildman–Crippen MR) is 67.9 cm³/mol. The highest BCUT2D eigenvalue weighted by Crippen LogP contribution is 2.27. The van der Waals surface area contributed by atoms with Crippen molar-refractivity contribution >= 4 is 11.9 Å². The first-order valence-corrected chi connectivity index (χ1v) is 6.25. The number of rotatable bonds is 6. The number of terminal acetylenes is 1. The van der Waals surface area contributed by atoms with E-state index in [-0.39, 0.29) is 19.0 Å². The van der Waals surface area contributed by atoms with Gasteiger partial charge in [0, 0.05) is 0 Å². The van der Waals surface area contributed by atoms with Crippen LogP contribution < -0.4 is 5.32 Å². The molecule has 1 unspecified atom stereocenters. The van der Waals surface area contributed by atoms with Crippen LogP contribution in [0.3, 0.4) is 0 Å². The maximum absolute atomic E-state index is 12.5. The van der Waals surface area contributed by atoms with Crippen molar-refractivity contribution in [1.29, 1.82) is 0 Å². The minimum atomic E-state index is -1.04. The highest BCUT2D eigenvalue weighted by molar-refractivity contribution is 5.89. The maximum atomic E-state index is 12.5. The predicted octanol–water partition coefficient (Wildman–Crippen LogP) is 0.455. The van der Waals surface area contributed by atoms with Gasteiger partial charge >= 0.3 is 5.97 Å².